The van der Waals surface area contributed by atoms with Gasteiger partial charge in [-0.2, -0.15) is 0 Å². The van der Waals surface area contributed by atoms with Crippen molar-refractivity contribution < 1.29 is 4.74 Å². The molecular weight excluding hydrogens is 296 g/mol. The first-order chi connectivity index (χ1) is 8.75. The Labute approximate surface area is 115 Å². The van der Waals surface area contributed by atoms with Gasteiger partial charge in [0.05, 0.1) is 23.2 Å². The van der Waals surface area contributed by atoms with Crippen molar-refractivity contribution in [1.29, 1.82) is 0 Å². The highest BCUT2D eigenvalue weighted by atomic mass is 79.9. The quantitative estimate of drug-likeness (QED) is 0.778. The lowest BCUT2D eigenvalue weighted by Crippen LogP contribution is -2.59. The summed E-state index contributed by atoms with van der Waals surface area (Å²) in [5.74, 6) is 0.988. The molecule has 3 rings (SSSR count). The van der Waals surface area contributed by atoms with E-state index in [4.69, 9.17) is 4.74 Å². The molecule has 6 heteroatoms. The lowest BCUT2D eigenvalue weighted by atomic mass is 9.99. The number of nitrogens with zero attached hydrogens (tertiary/aromatic N) is 4. The summed E-state index contributed by atoms with van der Waals surface area (Å²) in [6.45, 7) is 3.83. The monoisotopic (exact) mass is 312 g/mol. The molecule has 18 heavy (non-hydrogen) atoms. The summed E-state index contributed by atoms with van der Waals surface area (Å²) in [5, 5.41) is 0. The van der Waals surface area contributed by atoms with Crippen LogP contribution in [0.1, 0.15) is 6.42 Å². The molecule has 2 atom stereocenters. The third-order valence-electron chi connectivity index (χ3n) is 3.81. The fraction of sp³-hybridized carbons (Fsp3) is 0.667. The number of aromatic nitrogens is 2. The van der Waals surface area contributed by atoms with Gasteiger partial charge in [-0.3, -0.25) is 4.90 Å². The lowest BCUT2D eigenvalue weighted by Gasteiger charge is -2.46. The Morgan fingerprint density at radius 3 is 3.17 bits per heavy atom. The molecule has 2 saturated heterocycles. The third kappa shape index (κ3) is 2.24. The Bertz CT molecular complexity index is 430. The largest absolute Gasteiger partial charge is 0.375 e. The van der Waals surface area contributed by atoms with E-state index in [1.165, 1.54) is 0 Å². The lowest BCUT2D eigenvalue weighted by molar-refractivity contribution is -0.0688. The molecule has 1 aromatic rings. The SMILES string of the molecule is CN1CCO[C@H]2CCN(c3ncncc3Br)C[C@H]21. The van der Waals surface area contributed by atoms with Crippen molar-refractivity contribution in [3.05, 3.63) is 17.0 Å². The molecule has 0 aromatic carbocycles. The van der Waals surface area contributed by atoms with Crippen LogP contribution < -0.4 is 4.90 Å². The number of piperidine rings is 1. The molecule has 2 aliphatic rings. The summed E-state index contributed by atoms with van der Waals surface area (Å²) in [5.41, 5.74) is 0. The minimum atomic E-state index is 0.376. The van der Waals surface area contributed by atoms with E-state index >= 15 is 0 Å². The smallest absolute Gasteiger partial charge is 0.146 e. The number of morpholine rings is 1. The van der Waals surface area contributed by atoms with Crippen LogP contribution >= 0.6 is 15.9 Å². The van der Waals surface area contributed by atoms with Gasteiger partial charge in [0, 0.05) is 25.8 Å². The number of halogens is 1. The van der Waals surface area contributed by atoms with Crippen LogP contribution in [0.15, 0.2) is 17.0 Å². The van der Waals surface area contributed by atoms with Gasteiger partial charge in [0.25, 0.3) is 0 Å². The second-order valence-corrected chi connectivity index (χ2v) is 5.74. The molecule has 5 nitrogen and oxygen atoms in total. The topological polar surface area (TPSA) is 41.5 Å². The Morgan fingerprint density at radius 2 is 2.33 bits per heavy atom. The molecule has 2 aliphatic heterocycles. The summed E-state index contributed by atoms with van der Waals surface area (Å²) < 4.78 is 6.81. The van der Waals surface area contributed by atoms with E-state index in [9.17, 15) is 0 Å². The molecule has 3 heterocycles. The number of hydrogen-bond donors (Lipinski definition) is 0. The number of rotatable bonds is 1. The zero-order valence-electron chi connectivity index (χ0n) is 10.4. The van der Waals surface area contributed by atoms with E-state index in [0.29, 0.717) is 12.1 Å². The number of hydrogen-bond acceptors (Lipinski definition) is 5. The predicted octanol–water partition coefficient (Wildman–Crippen LogP) is 1.15. The molecule has 0 bridgehead atoms. The van der Waals surface area contributed by atoms with Gasteiger partial charge in [0.2, 0.25) is 0 Å². The highest BCUT2D eigenvalue weighted by molar-refractivity contribution is 9.10. The molecule has 0 amide bonds. The first-order valence-electron chi connectivity index (χ1n) is 6.28. The van der Waals surface area contributed by atoms with Crippen LogP contribution in [0.25, 0.3) is 0 Å². The highest BCUT2D eigenvalue weighted by Crippen LogP contribution is 2.28. The summed E-state index contributed by atoms with van der Waals surface area (Å²) in [7, 11) is 2.18. The Balaban J connectivity index is 1.78. The van der Waals surface area contributed by atoms with E-state index in [1.807, 2.05) is 0 Å². The zero-order valence-corrected chi connectivity index (χ0v) is 12.0. The highest BCUT2D eigenvalue weighted by Gasteiger charge is 2.36. The Kier molecular flexibility index (Phi) is 3.50. The molecule has 0 radical (unpaired) electrons. The zero-order chi connectivity index (χ0) is 12.5. The normalized spacial score (nSPS) is 29.1. The molecule has 0 N–H and O–H groups in total. The predicted molar refractivity (Wildman–Crippen MR) is 72.7 cm³/mol. The second-order valence-electron chi connectivity index (χ2n) is 4.89. The van der Waals surface area contributed by atoms with Gasteiger partial charge in [-0.15, -0.1) is 0 Å². The van der Waals surface area contributed by atoms with Gasteiger partial charge in [-0.25, -0.2) is 9.97 Å². The molecule has 98 valence electrons. The molecule has 1 aromatic heterocycles. The van der Waals surface area contributed by atoms with Crippen LogP contribution in [0.3, 0.4) is 0 Å². The van der Waals surface area contributed by atoms with Gasteiger partial charge in [-0.05, 0) is 29.4 Å². The number of likely N-dealkylation sites (N-methyl/N-ethyl adjacent to an activating group) is 1. The van der Waals surface area contributed by atoms with E-state index < -0.39 is 0 Å². The summed E-state index contributed by atoms with van der Waals surface area (Å²) in [4.78, 5) is 13.1. The Morgan fingerprint density at radius 1 is 1.44 bits per heavy atom. The van der Waals surface area contributed by atoms with Crippen molar-refractivity contribution in [2.75, 3.05) is 38.2 Å². The van der Waals surface area contributed by atoms with Crippen LogP contribution in [0.2, 0.25) is 0 Å². The second kappa shape index (κ2) is 5.11. The molecule has 0 aliphatic carbocycles. The molecule has 0 unspecified atom stereocenters. The van der Waals surface area contributed by atoms with Gasteiger partial charge in [-0.1, -0.05) is 0 Å². The summed E-state index contributed by atoms with van der Waals surface area (Å²) in [6.07, 6.45) is 4.84. The third-order valence-corrected chi connectivity index (χ3v) is 4.37. The molecular formula is C12H17BrN4O. The van der Waals surface area contributed by atoms with Crippen LogP contribution in [0.4, 0.5) is 5.82 Å². The van der Waals surface area contributed by atoms with Gasteiger partial charge in [0.15, 0.2) is 0 Å². The average Bonchev–Trinajstić information content (AvgIpc) is 2.40. The minimum absolute atomic E-state index is 0.376. The van der Waals surface area contributed by atoms with Crippen molar-refractivity contribution in [2.45, 2.75) is 18.6 Å². The fourth-order valence-corrected chi connectivity index (χ4v) is 3.24. The molecule has 0 saturated carbocycles. The van der Waals surface area contributed by atoms with Gasteiger partial charge >= 0.3 is 0 Å². The van der Waals surface area contributed by atoms with Gasteiger partial charge in [0.1, 0.15) is 12.1 Å². The number of fused-ring (bicyclic) bond motifs is 1. The Hall–Kier alpha value is -0.720. The number of anilines is 1. The minimum Gasteiger partial charge on any atom is -0.375 e. The van der Waals surface area contributed by atoms with Gasteiger partial charge < -0.3 is 9.64 Å². The van der Waals surface area contributed by atoms with Crippen LogP contribution in [0.5, 0.6) is 0 Å². The van der Waals surface area contributed by atoms with E-state index in [0.717, 1.165) is 43.0 Å². The number of ether oxygens (including phenoxy) is 1. The van der Waals surface area contributed by atoms with Crippen molar-refractivity contribution in [3.8, 4) is 0 Å². The van der Waals surface area contributed by atoms with Crippen molar-refractivity contribution >= 4 is 21.7 Å². The standard InChI is InChI=1S/C12H17BrN4O/c1-16-4-5-18-11-2-3-17(7-10(11)16)12-9(13)6-14-8-15-12/h6,8,10-11H,2-5,7H2,1H3/t10-,11+/m1/s1. The maximum atomic E-state index is 5.85. The fourth-order valence-electron chi connectivity index (χ4n) is 2.77. The van der Waals surface area contributed by atoms with Crippen molar-refractivity contribution in [1.82, 2.24) is 14.9 Å². The first-order valence-corrected chi connectivity index (χ1v) is 7.07. The maximum Gasteiger partial charge on any atom is 0.146 e. The van der Waals surface area contributed by atoms with Crippen LogP contribution in [0, 0.1) is 0 Å². The van der Waals surface area contributed by atoms with Crippen LogP contribution in [-0.2, 0) is 4.74 Å². The van der Waals surface area contributed by atoms with E-state index in [1.54, 1.807) is 12.5 Å². The maximum absolute atomic E-state index is 5.85. The van der Waals surface area contributed by atoms with Crippen molar-refractivity contribution in [2.24, 2.45) is 0 Å². The first kappa shape index (κ1) is 12.3. The molecule has 0 spiro atoms. The summed E-state index contributed by atoms with van der Waals surface area (Å²) >= 11 is 3.52. The summed E-state index contributed by atoms with van der Waals surface area (Å²) in [6, 6.07) is 0.467. The van der Waals surface area contributed by atoms with E-state index in [2.05, 4.69) is 42.7 Å². The molecule has 2 fully saturated rings. The average molecular weight is 313 g/mol. The van der Waals surface area contributed by atoms with Crippen molar-refractivity contribution in [3.63, 3.8) is 0 Å². The van der Waals surface area contributed by atoms with Crippen LogP contribution in [-0.4, -0.2) is 60.3 Å². The van der Waals surface area contributed by atoms with E-state index in [-0.39, 0.29) is 0 Å².